The van der Waals surface area contributed by atoms with Crippen LogP contribution < -0.4 is 5.32 Å². The van der Waals surface area contributed by atoms with Crippen LogP contribution in [0.3, 0.4) is 0 Å². The number of nitrogens with one attached hydrogen (secondary N) is 1. The summed E-state index contributed by atoms with van der Waals surface area (Å²) in [4.78, 5) is 0. The van der Waals surface area contributed by atoms with E-state index in [1.54, 1.807) is 0 Å². The number of benzene rings is 1. The number of hydrogen-bond donors (Lipinski definition) is 1. The average Bonchev–Trinajstić information content (AvgIpc) is 2.33. The first-order valence-electron chi connectivity index (χ1n) is 6.31. The van der Waals surface area contributed by atoms with Crippen molar-refractivity contribution in [3.05, 3.63) is 30.1 Å². The third-order valence-corrected chi connectivity index (χ3v) is 3.63. The van der Waals surface area contributed by atoms with Crippen molar-refractivity contribution in [3.63, 3.8) is 0 Å². The molecular weight excluding hydrogens is 201 g/mol. The van der Waals surface area contributed by atoms with E-state index in [4.69, 9.17) is 0 Å². The third-order valence-electron chi connectivity index (χ3n) is 3.63. The maximum atomic E-state index is 12.8. The van der Waals surface area contributed by atoms with Gasteiger partial charge in [-0.05, 0) is 43.0 Å². The quantitative estimate of drug-likeness (QED) is 0.806. The van der Waals surface area contributed by atoms with Crippen LogP contribution in [0.1, 0.15) is 39.0 Å². The Hall–Kier alpha value is -1.05. The van der Waals surface area contributed by atoms with E-state index in [9.17, 15) is 4.39 Å². The first-order chi connectivity index (χ1) is 7.79. The summed E-state index contributed by atoms with van der Waals surface area (Å²) in [6, 6.07) is 7.27. The Bertz CT molecular complexity index is 320. The Labute approximate surface area is 97.1 Å². The summed E-state index contributed by atoms with van der Waals surface area (Å²) in [7, 11) is 0. The van der Waals surface area contributed by atoms with E-state index in [0.717, 1.165) is 11.6 Å². The van der Waals surface area contributed by atoms with Gasteiger partial charge in [-0.1, -0.05) is 26.2 Å². The van der Waals surface area contributed by atoms with Crippen LogP contribution in [-0.2, 0) is 0 Å². The van der Waals surface area contributed by atoms with Crippen molar-refractivity contribution in [3.8, 4) is 0 Å². The lowest BCUT2D eigenvalue weighted by Crippen LogP contribution is -2.31. The zero-order valence-corrected chi connectivity index (χ0v) is 9.88. The number of halogens is 1. The number of hydrogen-bond acceptors (Lipinski definition) is 1. The minimum absolute atomic E-state index is 0.166. The first kappa shape index (κ1) is 11.4. The molecule has 0 heterocycles. The van der Waals surface area contributed by atoms with E-state index in [0.29, 0.717) is 6.04 Å². The van der Waals surface area contributed by atoms with Crippen LogP contribution in [0.2, 0.25) is 0 Å². The van der Waals surface area contributed by atoms with Gasteiger partial charge in [0.15, 0.2) is 0 Å². The molecule has 1 aliphatic carbocycles. The highest BCUT2D eigenvalue weighted by molar-refractivity contribution is 5.44. The van der Waals surface area contributed by atoms with E-state index < -0.39 is 0 Å². The SMILES string of the molecule is CCC1CCCCC1Nc1ccc(F)cc1. The van der Waals surface area contributed by atoms with Gasteiger partial charge in [-0.25, -0.2) is 4.39 Å². The monoisotopic (exact) mass is 221 g/mol. The van der Waals surface area contributed by atoms with Gasteiger partial charge in [0.1, 0.15) is 5.82 Å². The van der Waals surface area contributed by atoms with E-state index in [2.05, 4.69) is 12.2 Å². The maximum absolute atomic E-state index is 12.8. The lowest BCUT2D eigenvalue weighted by molar-refractivity contribution is 0.317. The summed E-state index contributed by atoms with van der Waals surface area (Å²) in [6.07, 6.45) is 6.49. The Morgan fingerprint density at radius 1 is 1.19 bits per heavy atom. The van der Waals surface area contributed by atoms with Gasteiger partial charge in [0.2, 0.25) is 0 Å². The molecule has 0 bridgehead atoms. The molecular formula is C14H20FN. The van der Waals surface area contributed by atoms with Gasteiger partial charge in [-0.2, -0.15) is 0 Å². The van der Waals surface area contributed by atoms with Crippen molar-refractivity contribution in [2.45, 2.75) is 45.1 Å². The van der Waals surface area contributed by atoms with Crippen LogP contribution in [0.5, 0.6) is 0 Å². The fraction of sp³-hybridized carbons (Fsp3) is 0.571. The number of anilines is 1. The minimum atomic E-state index is -0.166. The summed E-state index contributed by atoms with van der Waals surface area (Å²) in [5.74, 6) is 0.611. The highest BCUT2D eigenvalue weighted by Gasteiger charge is 2.23. The molecule has 1 nitrogen and oxygen atoms in total. The molecule has 16 heavy (non-hydrogen) atoms. The topological polar surface area (TPSA) is 12.0 Å². The van der Waals surface area contributed by atoms with Crippen molar-refractivity contribution in [2.24, 2.45) is 5.92 Å². The van der Waals surface area contributed by atoms with Crippen molar-refractivity contribution < 1.29 is 4.39 Å². The molecule has 88 valence electrons. The summed E-state index contributed by atoms with van der Waals surface area (Å²) in [5, 5.41) is 3.54. The predicted octanol–water partition coefficient (Wildman–Crippen LogP) is 4.21. The lowest BCUT2D eigenvalue weighted by Gasteiger charge is -2.32. The molecule has 0 aromatic heterocycles. The second-order valence-corrected chi connectivity index (χ2v) is 4.71. The number of rotatable bonds is 3. The van der Waals surface area contributed by atoms with Gasteiger partial charge in [0, 0.05) is 11.7 Å². The average molecular weight is 221 g/mol. The van der Waals surface area contributed by atoms with Crippen LogP contribution >= 0.6 is 0 Å². The molecule has 1 saturated carbocycles. The second-order valence-electron chi connectivity index (χ2n) is 4.71. The van der Waals surface area contributed by atoms with Crippen LogP contribution in [0, 0.1) is 11.7 Å². The maximum Gasteiger partial charge on any atom is 0.123 e. The van der Waals surface area contributed by atoms with Gasteiger partial charge >= 0.3 is 0 Å². The molecule has 0 saturated heterocycles. The van der Waals surface area contributed by atoms with Crippen LogP contribution in [-0.4, -0.2) is 6.04 Å². The van der Waals surface area contributed by atoms with Gasteiger partial charge in [0.05, 0.1) is 0 Å². The molecule has 1 N–H and O–H groups in total. The Morgan fingerprint density at radius 3 is 2.56 bits per heavy atom. The smallest absolute Gasteiger partial charge is 0.123 e. The Balaban J connectivity index is 1.99. The van der Waals surface area contributed by atoms with Crippen molar-refractivity contribution in [1.82, 2.24) is 0 Å². The van der Waals surface area contributed by atoms with Crippen LogP contribution in [0.15, 0.2) is 24.3 Å². The van der Waals surface area contributed by atoms with Gasteiger partial charge in [-0.15, -0.1) is 0 Å². The van der Waals surface area contributed by atoms with E-state index >= 15 is 0 Å². The largest absolute Gasteiger partial charge is 0.382 e. The second kappa shape index (κ2) is 5.33. The summed E-state index contributed by atoms with van der Waals surface area (Å²) >= 11 is 0. The van der Waals surface area contributed by atoms with E-state index in [1.165, 1.54) is 44.2 Å². The molecule has 2 atom stereocenters. The molecule has 2 rings (SSSR count). The zero-order chi connectivity index (χ0) is 11.4. The normalized spacial score (nSPS) is 25.4. The standard InChI is InChI=1S/C14H20FN/c1-2-11-5-3-4-6-14(11)16-13-9-7-12(15)8-10-13/h7-11,14,16H,2-6H2,1H3. The molecule has 0 aliphatic heterocycles. The van der Waals surface area contributed by atoms with E-state index in [1.807, 2.05) is 12.1 Å². The highest BCUT2D eigenvalue weighted by atomic mass is 19.1. The molecule has 0 amide bonds. The Morgan fingerprint density at radius 2 is 1.88 bits per heavy atom. The lowest BCUT2D eigenvalue weighted by atomic mass is 9.83. The third kappa shape index (κ3) is 2.75. The van der Waals surface area contributed by atoms with Crippen LogP contribution in [0.4, 0.5) is 10.1 Å². The van der Waals surface area contributed by atoms with Crippen LogP contribution in [0.25, 0.3) is 0 Å². The predicted molar refractivity (Wildman–Crippen MR) is 66.1 cm³/mol. The molecule has 1 aromatic carbocycles. The molecule has 2 heteroatoms. The molecule has 1 aromatic rings. The minimum Gasteiger partial charge on any atom is -0.382 e. The zero-order valence-electron chi connectivity index (χ0n) is 9.88. The van der Waals surface area contributed by atoms with Gasteiger partial charge in [0.25, 0.3) is 0 Å². The first-order valence-corrected chi connectivity index (χ1v) is 6.31. The fourth-order valence-corrected chi connectivity index (χ4v) is 2.65. The molecule has 2 unspecified atom stereocenters. The molecule has 0 spiro atoms. The molecule has 1 aliphatic rings. The van der Waals surface area contributed by atoms with Crippen molar-refractivity contribution >= 4 is 5.69 Å². The van der Waals surface area contributed by atoms with E-state index in [-0.39, 0.29) is 5.82 Å². The van der Waals surface area contributed by atoms with Gasteiger partial charge < -0.3 is 5.32 Å². The fourth-order valence-electron chi connectivity index (χ4n) is 2.65. The van der Waals surface area contributed by atoms with Gasteiger partial charge in [-0.3, -0.25) is 0 Å². The highest BCUT2D eigenvalue weighted by Crippen LogP contribution is 2.29. The summed E-state index contributed by atoms with van der Waals surface area (Å²) < 4.78 is 12.8. The summed E-state index contributed by atoms with van der Waals surface area (Å²) in [6.45, 7) is 2.26. The van der Waals surface area contributed by atoms with Crippen molar-refractivity contribution in [2.75, 3.05) is 5.32 Å². The Kier molecular flexibility index (Phi) is 3.81. The van der Waals surface area contributed by atoms with Crippen molar-refractivity contribution in [1.29, 1.82) is 0 Å². The summed E-state index contributed by atoms with van der Waals surface area (Å²) in [5.41, 5.74) is 1.05. The molecule has 1 fully saturated rings. The molecule has 0 radical (unpaired) electrons.